The van der Waals surface area contributed by atoms with E-state index in [1.807, 2.05) is 6.92 Å². The van der Waals surface area contributed by atoms with Gasteiger partial charge in [-0.25, -0.2) is 0 Å². The van der Waals surface area contributed by atoms with Gasteiger partial charge in [0.15, 0.2) is 0 Å². The summed E-state index contributed by atoms with van der Waals surface area (Å²) in [5.74, 6) is 0. The fraction of sp³-hybridized carbons (Fsp3) is 0.375. The molecule has 5 heteroatoms. The fourth-order valence-corrected chi connectivity index (χ4v) is 1.65. The number of aliphatic hydroxyl groups excluding tert-OH is 1. The molecule has 13 heavy (non-hydrogen) atoms. The average Bonchev–Trinajstić information content (AvgIpc) is 2.09. The Morgan fingerprint density at radius 2 is 2.23 bits per heavy atom. The number of hydrogen-bond acceptors (Lipinski definition) is 3. The summed E-state index contributed by atoms with van der Waals surface area (Å²) in [6.45, 7) is 1.83. The van der Waals surface area contributed by atoms with Crippen molar-refractivity contribution in [3.63, 3.8) is 0 Å². The van der Waals surface area contributed by atoms with Crippen molar-refractivity contribution in [2.45, 2.75) is 13.3 Å². The summed E-state index contributed by atoms with van der Waals surface area (Å²) < 4.78 is 0.477. The molecule has 0 saturated heterocycles. The average molecular weight is 219 g/mol. The number of nitrogens with one attached hydrogen (secondary N) is 1. The highest BCUT2D eigenvalue weighted by Gasteiger charge is 2.08. The van der Waals surface area contributed by atoms with Gasteiger partial charge in [0.25, 0.3) is 0 Å². The highest BCUT2D eigenvalue weighted by molar-refractivity contribution is 7.71. The van der Waals surface area contributed by atoms with Crippen LogP contribution in [0.15, 0.2) is 0 Å². The van der Waals surface area contributed by atoms with Crippen LogP contribution < -0.4 is 5.73 Å². The number of H-pyrrole nitrogens is 1. The fourth-order valence-electron chi connectivity index (χ4n) is 1.13. The maximum Gasteiger partial charge on any atom is 0.127 e. The molecule has 0 aliphatic heterocycles. The Morgan fingerprint density at radius 1 is 1.62 bits per heavy atom. The van der Waals surface area contributed by atoms with Crippen molar-refractivity contribution in [1.82, 2.24) is 4.98 Å². The zero-order valence-electron chi connectivity index (χ0n) is 7.22. The largest absolute Gasteiger partial charge is 0.396 e. The number of hydrogen-bond donors (Lipinski definition) is 3. The van der Waals surface area contributed by atoms with Crippen LogP contribution in [0.2, 0.25) is 5.02 Å². The molecule has 4 N–H and O–H groups in total. The third-order valence-electron chi connectivity index (χ3n) is 1.83. The molecule has 0 saturated carbocycles. The summed E-state index contributed by atoms with van der Waals surface area (Å²) in [7, 11) is 0. The summed E-state index contributed by atoms with van der Waals surface area (Å²) in [6.07, 6.45) is 0.434. The molecule has 0 aliphatic carbocycles. The van der Waals surface area contributed by atoms with Crippen molar-refractivity contribution in [3.8, 4) is 0 Å². The summed E-state index contributed by atoms with van der Waals surface area (Å²) >= 11 is 11.0. The minimum Gasteiger partial charge on any atom is -0.396 e. The lowest BCUT2D eigenvalue weighted by Gasteiger charge is -2.09. The second-order valence-electron chi connectivity index (χ2n) is 2.76. The van der Waals surface area contributed by atoms with Gasteiger partial charge in [-0.05, 0) is 13.3 Å². The number of anilines is 1. The second kappa shape index (κ2) is 4.09. The monoisotopic (exact) mass is 218 g/mol. The number of nitrogen functional groups attached to an aromatic ring is 1. The summed E-state index contributed by atoms with van der Waals surface area (Å²) in [6, 6.07) is 0. The quantitative estimate of drug-likeness (QED) is 0.664. The van der Waals surface area contributed by atoms with Crippen LogP contribution in [-0.4, -0.2) is 16.7 Å². The molecule has 0 atom stereocenters. The SMILES string of the molecule is Cc1[nH]c(=S)c(N)c(CCO)c1Cl. The number of halogens is 1. The van der Waals surface area contributed by atoms with E-state index < -0.39 is 0 Å². The molecular formula is C8H11ClN2OS. The number of rotatable bonds is 2. The summed E-state index contributed by atoms with van der Waals surface area (Å²) in [4.78, 5) is 2.88. The van der Waals surface area contributed by atoms with Gasteiger partial charge in [-0.3, -0.25) is 0 Å². The van der Waals surface area contributed by atoms with E-state index in [1.54, 1.807) is 0 Å². The van der Waals surface area contributed by atoms with E-state index in [4.69, 9.17) is 34.7 Å². The van der Waals surface area contributed by atoms with E-state index in [-0.39, 0.29) is 6.61 Å². The van der Waals surface area contributed by atoms with Crippen molar-refractivity contribution >= 4 is 29.5 Å². The number of aromatic nitrogens is 1. The number of aliphatic hydroxyl groups is 1. The Kier molecular flexibility index (Phi) is 3.30. The Balaban J connectivity index is 3.37. The van der Waals surface area contributed by atoms with Crippen LogP contribution >= 0.6 is 23.8 Å². The third-order valence-corrected chi connectivity index (χ3v) is 2.66. The second-order valence-corrected chi connectivity index (χ2v) is 3.55. The van der Waals surface area contributed by atoms with Crippen LogP contribution in [-0.2, 0) is 6.42 Å². The molecule has 1 aromatic rings. The Labute approximate surface area is 86.5 Å². The van der Waals surface area contributed by atoms with E-state index in [0.29, 0.717) is 21.8 Å². The van der Waals surface area contributed by atoms with E-state index >= 15 is 0 Å². The smallest absolute Gasteiger partial charge is 0.127 e. The molecule has 1 aromatic heterocycles. The highest BCUT2D eigenvalue weighted by Crippen LogP contribution is 2.25. The number of nitrogens with two attached hydrogens (primary N) is 1. The van der Waals surface area contributed by atoms with Crippen LogP contribution in [0.1, 0.15) is 11.3 Å². The molecule has 0 spiro atoms. The van der Waals surface area contributed by atoms with Crippen LogP contribution in [0, 0.1) is 11.6 Å². The van der Waals surface area contributed by atoms with Crippen molar-refractivity contribution < 1.29 is 5.11 Å². The molecule has 1 rings (SSSR count). The van der Waals surface area contributed by atoms with Crippen LogP contribution in [0.25, 0.3) is 0 Å². The molecule has 0 amide bonds. The maximum absolute atomic E-state index is 8.79. The highest BCUT2D eigenvalue weighted by atomic mass is 35.5. The molecule has 0 aromatic carbocycles. The maximum atomic E-state index is 8.79. The molecule has 0 unspecified atom stereocenters. The van der Waals surface area contributed by atoms with E-state index in [9.17, 15) is 0 Å². The first-order valence-corrected chi connectivity index (χ1v) is 4.64. The van der Waals surface area contributed by atoms with Gasteiger partial charge in [0.2, 0.25) is 0 Å². The molecule has 0 radical (unpaired) electrons. The van der Waals surface area contributed by atoms with Gasteiger partial charge in [-0.2, -0.15) is 0 Å². The minimum absolute atomic E-state index is 0.0160. The topological polar surface area (TPSA) is 62.0 Å². The normalized spacial score (nSPS) is 10.4. The Morgan fingerprint density at radius 3 is 2.77 bits per heavy atom. The predicted octanol–water partition coefficient (Wildman–Crippen LogP) is 1.82. The standard InChI is InChI=1S/C8H11ClN2OS/c1-4-6(9)5(2-3-12)7(10)8(13)11-4/h12H,2-3,10H2,1H3,(H,11,13). The third kappa shape index (κ3) is 2.02. The first-order chi connectivity index (χ1) is 6.07. The number of aromatic amines is 1. The zero-order chi connectivity index (χ0) is 10.0. The molecule has 1 heterocycles. The van der Waals surface area contributed by atoms with Gasteiger partial charge >= 0.3 is 0 Å². The lowest BCUT2D eigenvalue weighted by Crippen LogP contribution is -2.03. The van der Waals surface area contributed by atoms with Gasteiger partial charge in [0.05, 0.1) is 10.7 Å². The van der Waals surface area contributed by atoms with Gasteiger partial charge in [-0.15, -0.1) is 0 Å². The summed E-state index contributed by atoms with van der Waals surface area (Å²) in [5, 5.41) is 9.35. The van der Waals surface area contributed by atoms with E-state index in [2.05, 4.69) is 4.98 Å². The Bertz CT molecular complexity index is 375. The summed E-state index contributed by atoms with van der Waals surface area (Å²) in [5.41, 5.74) is 7.67. The van der Waals surface area contributed by atoms with Crippen molar-refractivity contribution in [3.05, 3.63) is 20.9 Å². The predicted molar refractivity (Wildman–Crippen MR) is 56.6 cm³/mol. The molecule has 0 fully saturated rings. The lowest BCUT2D eigenvalue weighted by atomic mass is 10.1. The van der Waals surface area contributed by atoms with Gasteiger partial charge < -0.3 is 15.8 Å². The number of pyridine rings is 1. The van der Waals surface area contributed by atoms with E-state index in [1.165, 1.54) is 0 Å². The molecule has 0 aliphatic rings. The van der Waals surface area contributed by atoms with Crippen LogP contribution in [0.5, 0.6) is 0 Å². The number of aryl methyl sites for hydroxylation is 1. The molecule has 72 valence electrons. The van der Waals surface area contributed by atoms with Crippen molar-refractivity contribution in [2.24, 2.45) is 0 Å². The van der Waals surface area contributed by atoms with E-state index in [0.717, 1.165) is 11.3 Å². The molecule has 3 nitrogen and oxygen atoms in total. The molecular weight excluding hydrogens is 208 g/mol. The minimum atomic E-state index is 0.0160. The molecule has 0 bridgehead atoms. The Hall–Kier alpha value is -0.580. The van der Waals surface area contributed by atoms with Gasteiger partial charge in [-0.1, -0.05) is 23.8 Å². The zero-order valence-corrected chi connectivity index (χ0v) is 8.80. The first-order valence-electron chi connectivity index (χ1n) is 3.85. The van der Waals surface area contributed by atoms with Crippen LogP contribution in [0.3, 0.4) is 0 Å². The van der Waals surface area contributed by atoms with Gasteiger partial charge in [0, 0.05) is 17.9 Å². The first kappa shape index (κ1) is 10.5. The van der Waals surface area contributed by atoms with Gasteiger partial charge in [0.1, 0.15) is 4.64 Å². The lowest BCUT2D eigenvalue weighted by molar-refractivity contribution is 0.300. The van der Waals surface area contributed by atoms with Crippen LogP contribution in [0.4, 0.5) is 5.69 Å². The van der Waals surface area contributed by atoms with Crippen molar-refractivity contribution in [1.29, 1.82) is 0 Å². The van der Waals surface area contributed by atoms with Crippen molar-refractivity contribution in [2.75, 3.05) is 12.3 Å².